The molecule has 0 amide bonds. The summed E-state index contributed by atoms with van der Waals surface area (Å²) in [4.78, 5) is 5.45. The van der Waals surface area contributed by atoms with Crippen molar-refractivity contribution in [3.63, 3.8) is 0 Å². The number of aromatic nitrogens is 1. The van der Waals surface area contributed by atoms with Gasteiger partial charge in [0.2, 0.25) is 0 Å². The summed E-state index contributed by atoms with van der Waals surface area (Å²) < 4.78 is 0. The molecular weight excluding hydrogens is 186 g/mol. The zero-order valence-electron chi connectivity index (χ0n) is 9.25. The van der Waals surface area contributed by atoms with Crippen molar-refractivity contribution in [3.05, 3.63) is 35.5 Å². The van der Waals surface area contributed by atoms with Gasteiger partial charge in [-0.3, -0.25) is 0 Å². The van der Waals surface area contributed by atoms with Crippen LogP contribution in [0.15, 0.2) is 24.4 Å². The summed E-state index contributed by atoms with van der Waals surface area (Å²) in [5, 5.41) is 1.29. The molecule has 0 saturated carbocycles. The van der Waals surface area contributed by atoms with Gasteiger partial charge in [-0.2, -0.15) is 0 Å². The minimum absolute atomic E-state index is 0.595. The molecule has 1 aromatic carbocycles. The number of benzene rings is 1. The Hall–Kier alpha value is -1.32. The maximum absolute atomic E-state index is 5.61. The lowest BCUT2D eigenvalue weighted by atomic mass is 10.1. The Morgan fingerprint density at radius 2 is 2.13 bits per heavy atom. The van der Waals surface area contributed by atoms with Gasteiger partial charge in [0.1, 0.15) is 0 Å². The Bertz CT molecular complexity index is 457. The second-order valence-electron chi connectivity index (χ2n) is 4.14. The van der Waals surface area contributed by atoms with Crippen LogP contribution < -0.4 is 5.73 Å². The minimum atomic E-state index is 0.595. The lowest BCUT2D eigenvalue weighted by molar-refractivity contribution is 0.404. The average Bonchev–Trinajstić information content (AvgIpc) is 2.60. The van der Waals surface area contributed by atoms with E-state index >= 15 is 0 Å². The normalized spacial score (nSPS) is 11.5. The van der Waals surface area contributed by atoms with Crippen molar-refractivity contribution in [3.8, 4) is 0 Å². The van der Waals surface area contributed by atoms with Crippen molar-refractivity contribution < 1.29 is 0 Å². The summed E-state index contributed by atoms with van der Waals surface area (Å²) in [7, 11) is 4.15. The number of nitrogens with two attached hydrogens (primary N) is 1. The number of fused-ring (bicyclic) bond motifs is 1. The molecule has 1 heterocycles. The highest BCUT2D eigenvalue weighted by molar-refractivity contribution is 5.83. The topological polar surface area (TPSA) is 45.0 Å². The van der Waals surface area contributed by atoms with Crippen molar-refractivity contribution in [2.24, 2.45) is 5.73 Å². The third-order valence-corrected chi connectivity index (χ3v) is 2.55. The molecule has 15 heavy (non-hydrogen) atoms. The Morgan fingerprint density at radius 3 is 2.80 bits per heavy atom. The van der Waals surface area contributed by atoms with Gasteiger partial charge in [-0.25, -0.2) is 0 Å². The summed E-state index contributed by atoms with van der Waals surface area (Å²) in [5.74, 6) is 0. The van der Waals surface area contributed by atoms with Crippen LogP contribution in [-0.4, -0.2) is 24.0 Å². The van der Waals surface area contributed by atoms with Crippen LogP contribution in [0.25, 0.3) is 10.9 Å². The first kappa shape index (κ1) is 10.2. The summed E-state index contributed by atoms with van der Waals surface area (Å²) >= 11 is 0. The van der Waals surface area contributed by atoms with E-state index in [0.717, 1.165) is 6.54 Å². The number of H-pyrrole nitrogens is 1. The van der Waals surface area contributed by atoms with Gasteiger partial charge >= 0.3 is 0 Å². The predicted octanol–water partition coefficient (Wildman–Crippen LogP) is 1.69. The van der Waals surface area contributed by atoms with E-state index in [0.29, 0.717) is 6.54 Å². The van der Waals surface area contributed by atoms with Crippen LogP contribution in [0, 0.1) is 0 Å². The fraction of sp³-hybridized carbons (Fsp3) is 0.333. The first-order valence-electron chi connectivity index (χ1n) is 5.14. The Kier molecular flexibility index (Phi) is 2.75. The summed E-state index contributed by atoms with van der Waals surface area (Å²) in [5.41, 5.74) is 9.28. The molecule has 1 aromatic heterocycles. The van der Waals surface area contributed by atoms with Crippen LogP contribution >= 0.6 is 0 Å². The molecule has 0 radical (unpaired) electrons. The molecule has 0 spiro atoms. The average molecular weight is 203 g/mol. The van der Waals surface area contributed by atoms with Gasteiger partial charge in [0.05, 0.1) is 0 Å². The highest BCUT2D eigenvalue weighted by Gasteiger charge is 2.04. The molecule has 2 aromatic rings. The third kappa shape index (κ3) is 2.03. The van der Waals surface area contributed by atoms with Gasteiger partial charge < -0.3 is 15.6 Å². The number of rotatable bonds is 3. The molecule has 3 nitrogen and oxygen atoms in total. The maximum Gasteiger partial charge on any atom is 0.0460 e. The van der Waals surface area contributed by atoms with E-state index in [9.17, 15) is 0 Å². The number of nitrogens with one attached hydrogen (secondary N) is 1. The van der Waals surface area contributed by atoms with Crippen molar-refractivity contribution in [2.75, 3.05) is 14.1 Å². The fourth-order valence-electron chi connectivity index (χ4n) is 1.83. The standard InChI is InChI=1S/C12H17N3/c1-15(2)8-10-7-14-12-5-9(6-13)3-4-11(10)12/h3-5,7,14H,6,8,13H2,1-2H3. The second-order valence-corrected chi connectivity index (χ2v) is 4.14. The van der Waals surface area contributed by atoms with Crippen LogP contribution in [0.4, 0.5) is 0 Å². The van der Waals surface area contributed by atoms with E-state index in [1.54, 1.807) is 0 Å². The molecular formula is C12H17N3. The smallest absolute Gasteiger partial charge is 0.0460 e. The first-order valence-corrected chi connectivity index (χ1v) is 5.14. The molecule has 3 N–H and O–H groups in total. The fourth-order valence-corrected chi connectivity index (χ4v) is 1.83. The van der Waals surface area contributed by atoms with E-state index in [2.05, 4.69) is 48.4 Å². The highest BCUT2D eigenvalue weighted by Crippen LogP contribution is 2.20. The Labute approximate surface area is 89.9 Å². The van der Waals surface area contributed by atoms with Gasteiger partial charge in [0, 0.05) is 30.2 Å². The van der Waals surface area contributed by atoms with Crippen LogP contribution in [0.1, 0.15) is 11.1 Å². The Balaban J connectivity index is 2.43. The number of nitrogens with zero attached hydrogens (tertiary/aromatic N) is 1. The third-order valence-electron chi connectivity index (χ3n) is 2.55. The minimum Gasteiger partial charge on any atom is -0.361 e. The van der Waals surface area contributed by atoms with Crippen LogP contribution in [0.5, 0.6) is 0 Å². The number of hydrogen-bond donors (Lipinski definition) is 2. The summed E-state index contributed by atoms with van der Waals surface area (Å²) in [6.45, 7) is 1.56. The van der Waals surface area contributed by atoms with Crippen LogP contribution in [0.3, 0.4) is 0 Å². The summed E-state index contributed by atoms with van der Waals surface area (Å²) in [6, 6.07) is 6.36. The number of hydrogen-bond acceptors (Lipinski definition) is 2. The molecule has 0 atom stereocenters. The molecule has 0 aliphatic heterocycles. The molecule has 0 saturated heterocycles. The van der Waals surface area contributed by atoms with Gasteiger partial charge in [0.25, 0.3) is 0 Å². The van der Waals surface area contributed by atoms with E-state index in [4.69, 9.17) is 5.73 Å². The SMILES string of the molecule is CN(C)Cc1c[nH]c2cc(CN)ccc12. The van der Waals surface area contributed by atoms with Gasteiger partial charge in [-0.1, -0.05) is 12.1 Å². The summed E-state index contributed by atoms with van der Waals surface area (Å²) in [6.07, 6.45) is 2.07. The van der Waals surface area contributed by atoms with Gasteiger partial charge in [-0.05, 0) is 31.3 Å². The van der Waals surface area contributed by atoms with E-state index < -0.39 is 0 Å². The molecule has 3 heteroatoms. The molecule has 80 valence electrons. The first-order chi connectivity index (χ1) is 7.20. The second kappa shape index (κ2) is 4.04. The highest BCUT2D eigenvalue weighted by atomic mass is 15.0. The van der Waals surface area contributed by atoms with Crippen molar-refractivity contribution in [2.45, 2.75) is 13.1 Å². The molecule has 0 aliphatic carbocycles. The van der Waals surface area contributed by atoms with E-state index in [1.807, 2.05) is 0 Å². The van der Waals surface area contributed by atoms with Gasteiger partial charge in [0.15, 0.2) is 0 Å². The molecule has 2 rings (SSSR count). The Morgan fingerprint density at radius 1 is 1.33 bits per heavy atom. The molecule has 0 unspecified atom stereocenters. The van der Waals surface area contributed by atoms with Crippen molar-refractivity contribution >= 4 is 10.9 Å². The zero-order valence-corrected chi connectivity index (χ0v) is 9.25. The predicted molar refractivity (Wildman–Crippen MR) is 63.6 cm³/mol. The van der Waals surface area contributed by atoms with Crippen LogP contribution in [-0.2, 0) is 13.1 Å². The molecule has 0 bridgehead atoms. The van der Waals surface area contributed by atoms with E-state index in [1.165, 1.54) is 22.0 Å². The van der Waals surface area contributed by atoms with Crippen molar-refractivity contribution in [1.29, 1.82) is 0 Å². The van der Waals surface area contributed by atoms with Gasteiger partial charge in [-0.15, -0.1) is 0 Å². The molecule has 0 fully saturated rings. The largest absolute Gasteiger partial charge is 0.361 e. The monoisotopic (exact) mass is 203 g/mol. The quantitative estimate of drug-likeness (QED) is 0.797. The maximum atomic E-state index is 5.61. The zero-order chi connectivity index (χ0) is 10.8. The lowest BCUT2D eigenvalue weighted by Crippen LogP contribution is -2.10. The molecule has 0 aliphatic rings. The van der Waals surface area contributed by atoms with Crippen LogP contribution in [0.2, 0.25) is 0 Å². The van der Waals surface area contributed by atoms with Crippen molar-refractivity contribution in [1.82, 2.24) is 9.88 Å². The lowest BCUT2D eigenvalue weighted by Gasteiger charge is -2.07. The number of aromatic amines is 1. The van der Waals surface area contributed by atoms with E-state index in [-0.39, 0.29) is 0 Å².